The number of piperidine rings is 1. The predicted octanol–water partition coefficient (Wildman–Crippen LogP) is 0.344. The van der Waals surface area contributed by atoms with Gasteiger partial charge in [0.05, 0.1) is 0 Å². The van der Waals surface area contributed by atoms with Gasteiger partial charge in [-0.15, -0.1) is 0 Å². The van der Waals surface area contributed by atoms with Gasteiger partial charge in [-0.3, -0.25) is 9.78 Å². The Morgan fingerprint density at radius 1 is 1.62 bits per heavy atom. The molecule has 5 heteroatoms. The van der Waals surface area contributed by atoms with Crippen molar-refractivity contribution in [3.8, 4) is 0 Å². The molecule has 1 aromatic heterocycles. The molecular formula is C11H16N4O. The van der Waals surface area contributed by atoms with Gasteiger partial charge in [-0.05, 0) is 31.5 Å². The SMILES string of the molecule is NC(=O)c1cc(NC2CCCNC2)ccn1. The Balaban J connectivity index is 2.02. The van der Waals surface area contributed by atoms with E-state index in [2.05, 4.69) is 15.6 Å². The van der Waals surface area contributed by atoms with Gasteiger partial charge in [0.15, 0.2) is 0 Å². The molecule has 2 heterocycles. The Morgan fingerprint density at radius 2 is 2.50 bits per heavy atom. The van der Waals surface area contributed by atoms with Crippen molar-refractivity contribution in [3.63, 3.8) is 0 Å². The monoisotopic (exact) mass is 220 g/mol. The molecule has 1 aromatic rings. The molecule has 0 bridgehead atoms. The zero-order chi connectivity index (χ0) is 11.4. The lowest BCUT2D eigenvalue weighted by atomic mass is 10.1. The van der Waals surface area contributed by atoms with Gasteiger partial charge in [0.25, 0.3) is 5.91 Å². The fraction of sp³-hybridized carbons (Fsp3) is 0.455. The van der Waals surface area contributed by atoms with E-state index in [1.165, 1.54) is 6.42 Å². The van der Waals surface area contributed by atoms with Crippen molar-refractivity contribution in [2.24, 2.45) is 5.73 Å². The third kappa shape index (κ3) is 2.70. The number of carbonyl (C=O) groups is 1. The van der Waals surface area contributed by atoms with E-state index in [0.29, 0.717) is 11.7 Å². The molecule has 16 heavy (non-hydrogen) atoms. The first-order valence-corrected chi connectivity index (χ1v) is 5.49. The largest absolute Gasteiger partial charge is 0.381 e. The molecular weight excluding hydrogens is 204 g/mol. The molecule has 0 aliphatic carbocycles. The summed E-state index contributed by atoms with van der Waals surface area (Å²) in [4.78, 5) is 14.9. The molecule has 0 saturated carbocycles. The summed E-state index contributed by atoms with van der Waals surface area (Å²) < 4.78 is 0. The first-order valence-electron chi connectivity index (χ1n) is 5.49. The van der Waals surface area contributed by atoms with Crippen LogP contribution in [0.4, 0.5) is 5.69 Å². The Hall–Kier alpha value is -1.62. The number of pyridine rings is 1. The van der Waals surface area contributed by atoms with Crippen molar-refractivity contribution in [1.82, 2.24) is 10.3 Å². The number of anilines is 1. The van der Waals surface area contributed by atoms with Crippen LogP contribution in [0.3, 0.4) is 0 Å². The molecule has 1 aliphatic heterocycles. The zero-order valence-electron chi connectivity index (χ0n) is 9.07. The lowest BCUT2D eigenvalue weighted by molar-refractivity contribution is 0.0995. The highest BCUT2D eigenvalue weighted by Gasteiger charge is 2.12. The highest BCUT2D eigenvalue weighted by Crippen LogP contribution is 2.12. The summed E-state index contributed by atoms with van der Waals surface area (Å²) in [5.41, 5.74) is 6.37. The van der Waals surface area contributed by atoms with Gasteiger partial charge >= 0.3 is 0 Å². The number of nitrogens with zero attached hydrogens (tertiary/aromatic N) is 1. The Labute approximate surface area is 94.4 Å². The second-order valence-electron chi connectivity index (χ2n) is 3.98. The number of carbonyl (C=O) groups excluding carboxylic acids is 1. The maximum Gasteiger partial charge on any atom is 0.267 e. The Kier molecular flexibility index (Phi) is 3.36. The van der Waals surface area contributed by atoms with Crippen LogP contribution < -0.4 is 16.4 Å². The van der Waals surface area contributed by atoms with E-state index in [1.54, 1.807) is 12.3 Å². The molecule has 1 atom stereocenters. The molecule has 86 valence electrons. The lowest BCUT2D eigenvalue weighted by Gasteiger charge is -2.24. The van der Waals surface area contributed by atoms with Gasteiger partial charge in [0.2, 0.25) is 0 Å². The molecule has 1 saturated heterocycles. The maximum atomic E-state index is 11.0. The number of hydrogen-bond acceptors (Lipinski definition) is 4. The quantitative estimate of drug-likeness (QED) is 0.686. The number of nitrogens with one attached hydrogen (secondary N) is 2. The summed E-state index contributed by atoms with van der Waals surface area (Å²) in [6, 6.07) is 3.95. The summed E-state index contributed by atoms with van der Waals surface area (Å²) in [6.45, 7) is 2.04. The number of rotatable bonds is 3. The van der Waals surface area contributed by atoms with Gasteiger partial charge in [-0.2, -0.15) is 0 Å². The summed E-state index contributed by atoms with van der Waals surface area (Å²) in [5.74, 6) is -0.495. The smallest absolute Gasteiger partial charge is 0.267 e. The van der Waals surface area contributed by atoms with Crippen molar-refractivity contribution in [3.05, 3.63) is 24.0 Å². The normalized spacial score (nSPS) is 20.4. The van der Waals surface area contributed by atoms with Crippen LogP contribution in [0.2, 0.25) is 0 Å². The first-order chi connectivity index (χ1) is 7.75. The van der Waals surface area contributed by atoms with Crippen LogP contribution >= 0.6 is 0 Å². The van der Waals surface area contributed by atoms with Gasteiger partial charge < -0.3 is 16.4 Å². The predicted molar refractivity (Wildman–Crippen MR) is 62.3 cm³/mol. The van der Waals surface area contributed by atoms with E-state index in [0.717, 1.165) is 25.2 Å². The van der Waals surface area contributed by atoms with Gasteiger partial charge in [0.1, 0.15) is 5.69 Å². The maximum absolute atomic E-state index is 11.0. The van der Waals surface area contributed by atoms with Crippen LogP contribution in [0.25, 0.3) is 0 Å². The second-order valence-corrected chi connectivity index (χ2v) is 3.98. The molecule has 0 radical (unpaired) electrons. The molecule has 4 N–H and O–H groups in total. The van der Waals surface area contributed by atoms with E-state index < -0.39 is 5.91 Å². The number of hydrogen-bond donors (Lipinski definition) is 3. The molecule has 1 aliphatic rings. The number of amides is 1. The number of primary amides is 1. The minimum absolute atomic E-state index is 0.300. The highest BCUT2D eigenvalue weighted by atomic mass is 16.1. The van der Waals surface area contributed by atoms with E-state index in [4.69, 9.17) is 5.73 Å². The molecule has 0 spiro atoms. The second kappa shape index (κ2) is 4.94. The van der Waals surface area contributed by atoms with Crippen molar-refractivity contribution < 1.29 is 4.79 Å². The average molecular weight is 220 g/mol. The van der Waals surface area contributed by atoms with Crippen molar-refractivity contribution in [2.45, 2.75) is 18.9 Å². The summed E-state index contributed by atoms with van der Waals surface area (Å²) in [5, 5.41) is 6.69. The summed E-state index contributed by atoms with van der Waals surface area (Å²) in [6.07, 6.45) is 3.91. The van der Waals surface area contributed by atoms with Gasteiger partial charge in [0, 0.05) is 24.5 Å². The molecule has 1 fully saturated rings. The minimum Gasteiger partial charge on any atom is -0.381 e. The van der Waals surface area contributed by atoms with Crippen molar-refractivity contribution >= 4 is 11.6 Å². The van der Waals surface area contributed by atoms with E-state index in [9.17, 15) is 4.79 Å². The zero-order valence-corrected chi connectivity index (χ0v) is 9.07. The van der Waals surface area contributed by atoms with Crippen LogP contribution in [0, 0.1) is 0 Å². The summed E-state index contributed by atoms with van der Waals surface area (Å²) >= 11 is 0. The summed E-state index contributed by atoms with van der Waals surface area (Å²) in [7, 11) is 0. The Morgan fingerprint density at radius 3 is 3.19 bits per heavy atom. The fourth-order valence-corrected chi connectivity index (χ4v) is 1.87. The fourth-order valence-electron chi connectivity index (χ4n) is 1.87. The van der Waals surface area contributed by atoms with E-state index in [-0.39, 0.29) is 0 Å². The van der Waals surface area contributed by atoms with Crippen LogP contribution in [0.1, 0.15) is 23.3 Å². The number of aromatic nitrogens is 1. The minimum atomic E-state index is -0.495. The first kappa shape index (κ1) is 10.9. The molecule has 5 nitrogen and oxygen atoms in total. The molecule has 1 unspecified atom stereocenters. The van der Waals surface area contributed by atoms with Crippen LogP contribution in [-0.4, -0.2) is 30.0 Å². The van der Waals surface area contributed by atoms with Crippen LogP contribution in [0.15, 0.2) is 18.3 Å². The highest BCUT2D eigenvalue weighted by molar-refractivity contribution is 5.91. The average Bonchev–Trinajstić information content (AvgIpc) is 2.30. The lowest BCUT2D eigenvalue weighted by Crippen LogP contribution is -2.38. The van der Waals surface area contributed by atoms with Crippen molar-refractivity contribution in [1.29, 1.82) is 0 Å². The molecule has 0 aromatic carbocycles. The molecule has 1 amide bonds. The van der Waals surface area contributed by atoms with Crippen molar-refractivity contribution in [2.75, 3.05) is 18.4 Å². The standard InChI is InChI=1S/C11H16N4O/c12-11(16)10-6-8(3-5-14-10)15-9-2-1-4-13-7-9/h3,5-6,9,13H,1-2,4,7H2,(H2,12,16)(H,14,15). The van der Waals surface area contributed by atoms with Crippen LogP contribution in [0.5, 0.6) is 0 Å². The van der Waals surface area contributed by atoms with E-state index in [1.807, 2.05) is 6.07 Å². The molecule has 2 rings (SSSR count). The van der Waals surface area contributed by atoms with Gasteiger partial charge in [-0.25, -0.2) is 0 Å². The van der Waals surface area contributed by atoms with Crippen LogP contribution in [-0.2, 0) is 0 Å². The topological polar surface area (TPSA) is 80.0 Å². The third-order valence-electron chi connectivity index (χ3n) is 2.68. The number of nitrogens with two attached hydrogens (primary N) is 1. The van der Waals surface area contributed by atoms with Gasteiger partial charge in [-0.1, -0.05) is 0 Å². The van der Waals surface area contributed by atoms with E-state index >= 15 is 0 Å². The third-order valence-corrected chi connectivity index (χ3v) is 2.68. The Bertz CT molecular complexity index is 374.